The molecule has 2 aliphatic heterocycles. The van der Waals surface area contributed by atoms with Gasteiger partial charge in [0.25, 0.3) is 0 Å². The highest BCUT2D eigenvalue weighted by molar-refractivity contribution is 5.78. The van der Waals surface area contributed by atoms with Gasteiger partial charge in [0.2, 0.25) is 5.88 Å². The zero-order chi connectivity index (χ0) is 24.3. The molecule has 3 aromatic rings. The Hall–Kier alpha value is -3.39. The van der Waals surface area contributed by atoms with Gasteiger partial charge in [0.15, 0.2) is 11.5 Å². The monoisotopic (exact) mass is 462 g/mol. The fourth-order valence-electron chi connectivity index (χ4n) is 4.86. The van der Waals surface area contributed by atoms with Gasteiger partial charge in [0, 0.05) is 44.1 Å². The first-order chi connectivity index (χ1) is 16.4. The lowest BCUT2D eigenvalue weighted by molar-refractivity contribution is -0.116. The van der Waals surface area contributed by atoms with E-state index in [1.54, 1.807) is 17.5 Å². The van der Waals surface area contributed by atoms with Crippen molar-refractivity contribution in [2.24, 2.45) is 5.41 Å². The van der Waals surface area contributed by atoms with Crippen molar-refractivity contribution in [3.63, 3.8) is 0 Å². The Bertz CT molecular complexity index is 1180. The van der Waals surface area contributed by atoms with Crippen molar-refractivity contribution in [2.45, 2.75) is 33.6 Å². The molecule has 8 nitrogen and oxygen atoms in total. The lowest BCUT2D eigenvalue weighted by Crippen LogP contribution is -2.55. The number of benzene rings is 1. The number of nitrogens with one attached hydrogen (secondary N) is 1. The highest BCUT2D eigenvalue weighted by Gasteiger charge is 2.46. The predicted octanol–water partition coefficient (Wildman–Crippen LogP) is 4.20. The molecule has 2 saturated heterocycles. The third kappa shape index (κ3) is 5.22. The van der Waals surface area contributed by atoms with E-state index in [0.29, 0.717) is 29.3 Å². The number of hydrogen-bond donors (Lipinski definition) is 1. The molecule has 2 aromatic heterocycles. The van der Waals surface area contributed by atoms with Gasteiger partial charge in [-0.1, -0.05) is 32.6 Å². The highest BCUT2D eigenvalue weighted by atomic mass is 16.5. The zero-order valence-corrected chi connectivity index (χ0v) is 20.5. The SMILES string of the molecule is C=C(Nc1cn2nc(Oc3cccc(CC(C)=O)c3)ccc2n1)N1CCC2(CN(C)C2)C1.CC. The van der Waals surface area contributed by atoms with Gasteiger partial charge in [-0.25, -0.2) is 9.50 Å². The Morgan fingerprint density at radius 2 is 2.00 bits per heavy atom. The van der Waals surface area contributed by atoms with Crippen molar-refractivity contribution >= 4 is 17.2 Å². The molecule has 1 spiro atoms. The fourth-order valence-corrected chi connectivity index (χ4v) is 4.86. The van der Waals surface area contributed by atoms with Crippen molar-refractivity contribution in [2.75, 3.05) is 38.5 Å². The van der Waals surface area contributed by atoms with Crippen molar-refractivity contribution in [1.82, 2.24) is 24.4 Å². The molecule has 1 N–H and O–H groups in total. The summed E-state index contributed by atoms with van der Waals surface area (Å²) in [6.45, 7) is 14.2. The Balaban J connectivity index is 0.00000133. The van der Waals surface area contributed by atoms with Crippen molar-refractivity contribution in [3.8, 4) is 11.6 Å². The smallest absolute Gasteiger partial charge is 0.237 e. The average molecular weight is 463 g/mol. The normalized spacial score (nSPS) is 16.6. The number of rotatable bonds is 7. The predicted molar refractivity (Wildman–Crippen MR) is 134 cm³/mol. The summed E-state index contributed by atoms with van der Waals surface area (Å²) >= 11 is 0. The lowest BCUT2D eigenvalue weighted by atomic mass is 9.79. The van der Waals surface area contributed by atoms with Crippen LogP contribution in [0.1, 0.15) is 32.8 Å². The fraction of sp³-hybridized carbons (Fsp3) is 0.423. The van der Waals surface area contributed by atoms with E-state index in [1.807, 2.05) is 50.4 Å². The van der Waals surface area contributed by atoms with Crippen molar-refractivity contribution in [3.05, 3.63) is 60.6 Å². The number of imidazole rings is 1. The first-order valence-corrected chi connectivity index (χ1v) is 11.9. The maximum atomic E-state index is 11.4. The number of anilines is 1. The molecule has 0 bridgehead atoms. The van der Waals surface area contributed by atoms with E-state index in [1.165, 1.54) is 6.42 Å². The molecule has 5 rings (SSSR count). The molecule has 180 valence electrons. The van der Waals surface area contributed by atoms with Gasteiger partial charge in [-0.15, -0.1) is 5.10 Å². The van der Waals surface area contributed by atoms with E-state index in [0.717, 1.165) is 43.2 Å². The maximum absolute atomic E-state index is 11.4. The minimum absolute atomic E-state index is 0.117. The van der Waals surface area contributed by atoms with E-state index in [2.05, 4.69) is 38.8 Å². The molecule has 0 amide bonds. The second kappa shape index (κ2) is 9.85. The van der Waals surface area contributed by atoms with E-state index >= 15 is 0 Å². The number of Topliss-reactive ketones (excluding diaryl/α,β-unsaturated/α-hetero) is 1. The number of ether oxygens (including phenoxy) is 1. The molecule has 0 unspecified atom stereocenters. The number of nitrogens with zero attached hydrogens (tertiary/aromatic N) is 5. The first kappa shape index (κ1) is 23.8. The lowest BCUT2D eigenvalue weighted by Gasteiger charge is -2.46. The van der Waals surface area contributed by atoms with Gasteiger partial charge >= 0.3 is 0 Å². The molecule has 2 fully saturated rings. The van der Waals surface area contributed by atoms with Crippen LogP contribution >= 0.6 is 0 Å². The molecular weight excluding hydrogens is 428 g/mol. The van der Waals surface area contributed by atoms with Gasteiger partial charge < -0.3 is 19.9 Å². The molecule has 0 saturated carbocycles. The van der Waals surface area contributed by atoms with Crippen LogP contribution in [0.5, 0.6) is 11.6 Å². The van der Waals surface area contributed by atoms with Crippen molar-refractivity contribution in [1.29, 1.82) is 0 Å². The number of aromatic nitrogens is 3. The van der Waals surface area contributed by atoms with Crippen LogP contribution in [0.15, 0.2) is 55.0 Å². The molecule has 0 radical (unpaired) electrons. The van der Waals surface area contributed by atoms with Crippen LogP contribution in [0.25, 0.3) is 5.65 Å². The van der Waals surface area contributed by atoms with Gasteiger partial charge in [-0.3, -0.25) is 4.79 Å². The first-order valence-electron chi connectivity index (χ1n) is 11.9. The van der Waals surface area contributed by atoms with Crippen LogP contribution in [0.3, 0.4) is 0 Å². The molecule has 4 heterocycles. The summed E-state index contributed by atoms with van der Waals surface area (Å²) in [5.74, 6) is 2.79. The van der Waals surface area contributed by atoms with Crippen LogP contribution in [-0.4, -0.2) is 63.4 Å². The summed E-state index contributed by atoms with van der Waals surface area (Å²) in [4.78, 5) is 20.7. The molecular formula is C26H34N6O2. The van der Waals surface area contributed by atoms with Crippen LogP contribution < -0.4 is 10.1 Å². The van der Waals surface area contributed by atoms with E-state index in [-0.39, 0.29) is 5.78 Å². The molecule has 0 aliphatic carbocycles. The maximum Gasteiger partial charge on any atom is 0.237 e. The third-order valence-electron chi connectivity index (χ3n) is 6.17. The Kier molecular flexibility index (Phi) is 6.88. The number of carbonyl (C=O) groups is 1. The second-order valence-corrected chi connectivity index (χ2v) is 9.14. The van der Waals surface area contributed by atoms with Crippen molar-refractivity contribution < 1.29 is 9.53 Å². The molecule has 0 atom stereocenters. The second-order valence-electron chi connectivity index (χ2n) is 9.14. The summed E-state index contributed by atoms with van der Waals surface area (Å²) in [5.41, 5.74) is 2.06. The minimum atomic E-state index is 0.117. The van der Waals surface area contributed by atoms with Crippen LogP contribution in [0.2, 0.25) is 0 Å². The van der Waals surface area contributed by atoms with E-state index < -0.39 is 0 Å². The minimum Gasteiger partial charge on any atom is -0.438 e. The largest absolute Gasteiger partial charge is 0.438 e. The van der Waals surface area contributed by atoms with Gasteiger partial charge in [-0.2, -0.15) is 0 Å². The van der Waals surface area contributed by atoms with E-state index in [9.17, 15) is 4.79 Å². The standard InChI is InChI=1S/C24H28N6O2.C2H6/c1-17(31)11-19-5-4-6-20(12-19)32-23-8-7-22-26-21(13-30(22)27-23)25-18(2)29-10-9-24(16-29)14-28(3)15-24;1-2/h4-8,12-13,25H,2,9-11,14-16H2,1,3H3;1-2H3. The van der Waals surface area contributed by atoms with Gasteiger partial charge in [-0.05, 0) is 44.2 Å². The third-order valence-corrected chi connectivity index (χ3v) is 6.17. The average Bonchev–Trinajstić information content (AvgIpc) is 3.39. The molecule has 34 heavy (non-hydrogen) atoms. The molecule has 1 aromatic carbocycles. The summed E-state index contributed by atoms with van der Waals surface area (Å²) < 4.78 is 7.60. The quantitative estimate of drug-likeness (QED) is 0.564. The van der Waals surface area contributed by atoms with Gasteiger partial charge in [0.1, 0.15) is 11.5 Å². The van der Waals surface area contributed by atoms with Gasteiger partial charge in [0.05, 0.1) is 12.0 Å². The van der Waals surface area contributed by atoms with Crippen LogP contribution in [0, 0.1) is 5.41 Å². The summed E-state index contributed by atoms with van der Waals surface area (Å²) in [6.07, 6.45) is 3.43. The van der Waals surface area contributed by atoms with E-state index in [4.69, 9.17) is 4.74 Å². The molecule has 8 heteroatoms. The number of hydrogen-bond acceptors (Lipinski definition) is 7. The van der Waals surface area contributed by atoms with Crippen LogP contribution in [-0.2, 0) is 11.2 Å². The Morgan fingerprint density at radius 1 is 1.21 bits per heavy atom. The highest BCUT2D eigenvalue weighted by Crippen LogP contribution is 2.39. The number of likely N-dealkylation sites (tertiary alicyclic amines) is 2. The van der Waals surface area contributed by atoms with Crippen LogP contribution in [0.4, 0.5) is 5.82 Å². The summed E-state index contributed by atoms with van der Waals surface area (Å²) in [7, 11) is 2.17. The molecule has 2 aliphatic rings. The summed E-state index contributed by atoms with van der Waals surface area (Å²) in [6, 6.07) is 11.2. The Morgan fingerprint density at radius 3 is 2.74 bits per heavy atom. The number of ketones is 1. The number of fused-ring (bicyclic) bond motifs is 1. The Labute approximate surface area is 201 Å². The topological polar surface area (TPSA) is 75.0 Å². The number of carbonyl (C=O) groups excluding carboxylic acids is 1. The summed E-state index contributed by atoms with van der Waals surface area (Å²) in [5, 5.41) is 7.86. The zero-order valence-electron chi connectivity index (χ0n) is 20.5.